The molecule has 0 spiro atoms. The Morgan fingerprint density at radius 1 is 1.13 bits per heavy atom. The Morgan fingerprint density at radius 2 is 1.84 bits per heavy atom. The van der Waals surface area contributed by atoms with Gasteiger partial charge in [-0.05, 0) is 70.1 Å². The van der Waals surface area contributed by atoms with E-state index in [9.17, 15) is 9.90 Å². The zero-order valence-corrected chi connectivity index (χ0v) is 22.2. The summed E-state index contributed by atoms with van der Waals surface area (Å²) in [7, 11) is 0. The van der Waals surface area contributed by atoms with E-state index in [0.717, 1.165) is 63.3 Å². The van der Waals surface area contributed by atoms with Crippen LogP contribution < -0.4 is 10.6 Å². The van der Waals surface area contributed by atoms with Gasteiger partial charge in [0.15, 0.2) is 23.1 Å². The van der Waals surface area contributed by atoms with Crippen molar-refractivity contribution in [3.8, 4) is 12.3 Å². The van der Waals surface area contributed by atoms with Crippen molar-refractivity contribution in [1.29, 1.82) is 5.41 Å². The Balaban J connectivity index is 1.61. The number of carboxylic acid groups (broad SMARTS) is 1. The van der Waals surface area contributed by atoms with Gasteiger partial charge in [0.25, 0.3) is 0 Å². The first-order valence-corrected chi connectivity index (χ1v) is 14.1. The van der Waals surface area contributed by atoms with Crippen LogP contribution >= 0.6 is 0 Å². The minimum atomic E-state index is -1.35. The number of terminal acetylenes is 1. The molecular weight excluding hydrogens is 482 g/mol. The summed E-state index contributed by atoms with van der Waals surface area (Å²) in [5.41, 5.74) is 0.0383. The molecule has 38 heavy (non-hydrogen) atoms. The Labute approximate surface area is 223 Å². The molecule has 3 aliphatic rings. The highest BCUT2D eigenvalue weighted by Gasteiger charge is 2.38. The molecule has 2 aromatic heterocycles. The third-order valence-corrected chi connectivity index (χ3v) is 8.90. The number of nitrogens with one attached hydrogen (secondary N) is 3. The Hall–Kier alpha value is -3.19. The van der Waals surface area contributed by atoms with Gasteiger partial charge in [-0.15, -0.1) is 12.3 Å². The molecule has 1 amide bonds. The normalized spacial score (nSPS) is 24.2. The Morgan fingerprint density at radius 3 is 2.45 bits per heavy atom. The third-order valence-electron chi connectivity index (χ3n) is 8.90. The van der Waals surface area contributed by atoms with Crippen LogP contribution in [0.1, 0.15) is 95.6 Å². The molecule has 5 rings (SSSR count). The van der Waals surface area contributed by atoms with Crippen LogP contribution in [0.2, 0.25) is 0 Å². The van der Waals surface area contributed by atoms with E-state index in [2.05, 4.69) is 38.0 Å². The molecule has 0 aromatic carbocycles. The fourth-order valence-electron chi connectivity index (χ4n) is 6.35. The molecule has 5 N–H and O–H groups in total. The highest BCUT2D eigenvalue weighted by atomic mass is 16.4. The molecule has 3 saturated carbocycles. The van der Waals surface area contributed by atoms with Crippen molar-refractivity contribution in [2.75, 3.05) is 5.32 Å². The molecule has 0 unspecified atom stereocenters. The number of hydrogen-bond acceptors (Lipinski definition) is 7. The lowest BCUT2D eigenvalue weighted by Gasteiger charge is -2.34. The van der Waals surface area contributed by atoms with Crippen LogP contribution in [0, 0.1) is 35.5 Å². The van der Waals surface area contributed by atoms with Crippen molar-refractivity contribution in [1.82, 2.24) is 24.8 Å². The number of aliphatic hydroxyl groups is 1. The lowest BCUT2D eigenvalue weighted by molar-refractivity contribution is -0.0123. The number of nitrogens with zero attached hydrogens (tertiary/aromatic N) is 4. The maximum absolute atomic E-state index is 11.8. The van der Waals surface area contributed by atoms with Gasteiger partial charge in [-0.3, -0.25) is 10.7 Å². The standard InChI is InChI=1S/C28H39N7O3/c1-3-18-10-12-19(13-11-18)16-35-21-23(30-17(2)20-8-7-9-20)32-25(22(29)31-27(36)37)33-24(21)34-26(35)28(38)14-5-4-6-15-28/h1,17-20,38H,4-16H2,2H3,(H2,29,31)(H,36,37)(H,30,32,33)/t17-,18?,19?/m1/s1. The number of carbonyl (C=O) groups is 1. The van der Waals surface area contributed by atoms with E-state index >= 15 is 0 Å². The number of rotatable bonds is 7. The number of anilines is 1. The first-order valence-electron chi connectivity index (χ1n) is 14.1. The first-order chi connectivity index (χ1) is 18.3. The maximum atomic E-state index is 11.8. The number of aromatic nitrogens is 4. The van der Waals surface area contributed by atoms with Crippen LogP contribution in [0.4, 0.5) is 10.6 Å². The summed E-state index contributed by atoms with van der Waals surface area (Å²) in [5.74, 6) is 4.86. The molecule has 3 fully saturated rings. The topological polar surface area (TPSA) is 149 Å². The van der Waals surface area contributed by atoms with Crippen molar-refractivity contribution >= 4 is 28.9 Å². The molecule has 2 heterocycles. The molecule has 10 nitrogen and oxygen atoms in total. The lowest BCUT2D eigenvalue weighted by atomic mass is 9.80. The fraction of sp³-hybridized carbons (Fsp3) is 0.679. The molecule has 0 aliphatic heterocycles. The van der Waals surface area contributed by atoms with Gasteiger partial charge in [-0.25, -0.2) is 19.7 Å². The van der Waals surface area contributed by atoms with Gasteiger partial charge in [-0.1, -0.05) is 25.7 Å². The van der Waals surface area contributed by atoms with Crippen molar-refractivity contribution in [3.63, 3.8) is 0 Å². The van der Waals surface area contributed by atoms with Crippen LogP contribution in [0.15, 0.2) is 0 Å². The predicted molar refractivity (Wildman–Crippen MR) is 145 cm³/mol. The van der Waals surface area contributed by atoms with Crippen molar-refractivity contribution in [3.05, 3.63) is 11.6 Å². The zero-order valence-electron chi connectivity index (χ0n) is 22.2. The maximum Gasteiger partial charge on any atom is 0.410 e. The summed E-state index contributed by atoms with van der Waals surface area (Å²) in [6.45, 7) is 2.82. The number of fused-ring (bicyclic) bond motifs is 1. The van der Waals surface area contributed by atoms with Gasteiger partial charge in [0, 0.05) is 18.5 Å². The Kier molecular flexibility index (Phi) is 7.57. The summed E-state index contributed by atoms with van der Waals surface area (Å²) >= 11 is 0. The molecular formula is C28H39N7O3. The molecule has 0 radical (unpaired) electrons. The molecule has 0 bridgehead atoms. The van der Waals surface area contributed by atoms with Gasteiger partial charge in [0.1, 0.15) is 16.9 Å². The minimum Gasteiger partial charge on any atom is -0.465 e. The van der Waals surface area contributed by atoms with Gasteiger partial charge in [0.05, 0.1) is 0 Å². The van der Waals surface area contributed by atoms with E-state index < -0.39 is 17.5 Å². The third kappa shape index (κ3) is 5.35. The quantitative estimate of drug-likeness (QED) is 0.203. The highest BCUT2D eigenvalue weighted by Crippen LogP contribution is 2.40. The van der Waals surface area contributed by atoms with E-state index in [0.29, 0.717) is 54.4 Å². The summed E-state index contributed by atoms with van der Waals surface area (Å²) in [5, 5.41) is 34.9. The number of hydrogen-bond donors (Lipinski definition) is 5. The molecule has 3 aliphatic carbocycles. The number of amidine groups is 1. The zero-order chi connectivity index (χ0) is 26.9. The van der Waals surface area contributed by atoms with Crippen LogP contribution in [0.25, 0.3) is 11.2 Å². The van der Waals surface area contributed by atoms with E-state index in [1.165, 1.54) is 6.42 Å². The van der Waals surface area contributed by atoms with Gasteiger partial charge in [-0.2, -0.15) is 0 Å². The van der Waals surface area contributed by atoms with E-state index in [1.54, 1.807) is 0 Å². The fourth-order valence-corrected chi connectivity index (χ4v) is 6.35. The summed E-state index contributed by atoms with van der Waals surface area (Å²) < 4.78 is 2.12. The Bertz CT molecular complexity index is 1230. The van der Waals surface area contributed by atoms with Crippen LogP contribution in [-0.4, -0.2) is 47.7 Å². The second-order valence-electron chi connectivity index (χ2n) is 11.5. The summed E-state index contributed by atoms with van der Waals surface area (Å²) in [4.78, 5) is 25.3. The second kappa shape index (κ2) is 10.9. The minimum absolute atomic E-state index is 0.0374. The number of amides is 1. The van der Waals surface area contributed by atoms with E-state index in [1.807, 2.05) is 0 Å². The molecule has 10 heteroatoms. The van der Waals surface area contributed by atoms with Crippen molar-refractivity contribution in [2.24, 2.45) is 17.8 Å². The van der Waals surface area contributed by atoms with E-state index in [4.69, 9.17) is 21.9 Å². The average molecular weight is 522 g/mol. The monoisotopic (exact) mass is 521 g/mol. The highest BCUT2D eigenvalue weighted by molar-refractivity contribution is 6.03. The van der Waals surface area contributed by atoms with Crippen molar-refractivity contribution < 1.29 is 15.0 Å². The summed E-state index contributed by atoms with van der Waals surface area (Å²) in [6, 6.07) is 0.145. The van der Waals surface area contributed by atoms with Crippen LogP contribution in [0.3, 0.4) is 0 Å². The van der Waals surface area contributed by atoms with Crippen molar-refractivity contribution in [2.45, 2.75) is 102 Å². The summed E-state index contributed by atoms with van der Waals surface area (Å²) in [6.07, 6.45) is 16.1. The molecule has 2 aromatic rings. The molecule has 0 saturated heterocycles. The second-order valence-corrected chi connectivity index (χ2v) is 11.5. The lowest BCUT2D eigenvalue weighted by Crippen LogP contribution is -2.34. The van der Waals surface area contributed by atoms with Crippen LogP contribution in [0.5, 0.6) is 0 Å². The van der Waals surface area contributed by atoms with E-state index in [-0.39, 0.29) is 11.9 Å². The largest absolute Gasteiger partial charge is 0.465 e. The number of imidazole rings is 1. The average Bonchev–Trinajstić information content (AvgIpc) is 3.23. The van der Waals surface area contributed by atoms with Crippen LogP contribution in [-0.2, 0) is 12.1 Å². The van der Waals surface area contributed by atoms with Gasteiger partial charge in [0.2, 0.25) is 0 Å². The predicted octanol–water partition coefficient (Wildman–Crippen LogP) is 4.61. The molecule has 1 atom stereocenters. The van der Waals surface area contributed by atoms with Gasteiger partial charge < -0.3 is 20.1 Å². The smallest absolute Gasteiger partial charge is 0.410 e. The van der Waals surface area contributed by atoms with Gasteiger partial charge >= 0.3 is 6.09 Å². The first kappa shape index (κ1) is 26.4. The molecule has 204 valence electrons. The SMILES string of the molecule is C#CC1CCC(Cn2c(C3(O)CCCCC3)nc3nc(C(=N)NC(=O)O)nc(N[C@H](C)C4CCC4)c32)CC1.